The first-order valence-electron chi connectivity index (χ1n) is 9.98. The minimum Gasteiger partial charge on any atom is -0.458 e. The van der Waals surface area contributed by atoms with Gasteiger partial charge in [-0.3, -0.25) is 9.36 Å². The highest BCUT2D eigenvalue weighted by atomic mass is 32.1. The van der Waals surface area contributed by atoms with Crippen LogP contribution in [0.1, 0.15) is 50.7 Å². The fourth-order valence-electron chi connectivity index (χ4n) is 3.60. The lowest BCUT2D eigenvalue weighted by Crippen LogP contribution is -2.24. The Balaban J connectivity index is 1.45. The molecule has 0 radical (unpaired) electrons. The lowest BCUT2D eigenvalue weighted by atomic mass is 10.2. The van der Waals surface area contributed by atoms with Crippen LogP contribution in [0.5, 0.6) is 0 Å². The van der Waals surface area contributed by atoms with E-state index in [1.165, 1.54) is 11.3 Å². The molecule has 3 aromatic rings. The van der Waals surface area contributed by atoms with E-state index in [1.807, 2.05) is 6.07 Å². The van der Waals surface area contributed by atoms with E-state index in [2.05, 4.69) is 4.98 Å². The molecule has 0 bridgehead atoms. The summed E-state index contributed by atoms with van der Waals surface area (Å²) in [5.41, 5.74) is 0.954. The number of hydrogen-bond acceptors (Lipinski definition) is 7. The number of hydrogen-bond donors (Lipinski definition) is 0. The summed E-state index contributed by atoms with van der Waals surface area (Å²) in [5, 5.41) is 0.494. The number of carbonyl (C=O) groups is 2. The van der Waals surface area contributed by atoms with Gasteiger partial charge in [0, 0.05) is 13.0 Å². The Morgan fingerprint density at radius 2 is 1.80 bits per heavy atom. The third-order valence-electron chi connectivity index (χ3n) is 5.16. The monoisotopic (exact) mass is 426 g/mol. The van der Waals surface area contributed by atoms with Crippen LogP contribution in [0.3, 0.4) is 0 Å². The van der Waals surface area contributed by atoms with Crippen molar-refractivity contribution in [1.82, 2.24) is 9.55 Å². The lowest BCUT2D eigenvalue weighted by Gasteiger charge is -2.08. The summed E-state index contributed by atoms with van der Waals surface area (Å²) in [6.07, 6.45) is 3.83. The third-order valence-corrected chi connectivity index (χ3v) is 6.32. The first kappa shape index (κ1) is 20.3. The largest absolute Gasteiger partial charge is 0.458 e. The lowest BCUT2D eigenvalue weighted by molar-refractivity contribution is 0.0268. The van der Waals surface area contributed by atoms with Gasteiger partial charge in [-0.05, 0) is 37.5 Å². The number of aromatic nitrogens is 2. The highest BCUT2D eigenvalue weighted by molar-refractivity contribution is 7.20. The second kappa shape index (κ2) is 8.79. The van der Waals surface area contributed by atoms with Crippen LogP contribution in [-0.2, 0) is 22.4 Å². The third kappa shape index (κ3) is 4.00. The van der Waals surface area contributed by atoms with Crippen molar-refractivity contribution < 1.29 is 19.1 Å². The Bertz CT molecular complexity index is 1150. The van der Waals surface area contributed by atoms with Crippen LogP contribution in [0.4, 0.5) is 0 Å². The fourth-order valence-corrected chi connectivity index (χ4v) is 4.68. The summed E-state index contributed by atoms with van der Waals surface area (Å²) in [4.78, 5) is 43.0. The van der Waals surface area contributed by atoms with Crippen LogP contribution in [0.25, 0.3) is 10.2 Å². The summed E-state index contributed by atoms with van der Waals surface area (Å²) < 4.78 is 12.1. The van der Waals surface area contributed by atoms with Crippen LogP contribution in [0.2, 0.25) is 0 Å². The molecule has 4 rings (SSSR count). The summed E-state index contributed by atoms with van der Waals surface area (Å²) in [6, 6.07) is 8.61. The van der Waals surface area contributed by atoms with Crippen LogP contribution in [-0.4, -0.2) is 34.7 Å². The van der Waals surface area contributed by atoms with E-state index in [0.717, 1.165) is 31.5 Å². The molecule has 1 aromatic carbocycles. The normalized spacial score (nSPS) is 13.5. The molecule has 0 amide bonds. The number of aryl methyl sites for hydroxylation is 2. The molecule has 0 atom stereocenters. The molecule has 0 saturated heterocycles. The van der Waals surface area contributed by atoms with Crippen molar-refractivity contribution in [1.29, 1.82) is 0 Å². The molecule has 0 saturated carbocycles. The predicted octanol–water partition coefficient (Wildman–Crippen LogP) is 3.51. The molecule has 3 heterocycles. The Morgan fingerprint density at radius 3 is 2.57 bits per heavy atom. The van der Waals surface area contributed by atoms with Gasteiger partial charge in [0.05, 0.1) is 10.9 Å². The second-order valence-electron chi connectivity index (χ2n) is 7.17. The van der Waals surface area contributed by atoms with E-state index in [-0.39, 0.29) is 18.8 Å². The molecule has 0 spiro atoms. The van der Waals surface area contributed by atoms with Crippen LogP contribution in [0, 0.1) is 6.92 Å². The van der Waals surface area contributed by atoms with E-state index in [4.69, 9.17) is 9.47 Å². The average Bonchev–Trinajstić information content (AvgIpc) is 2.92. The van der Waals surface area contributed by atoms with Gasteiger partial charge in [0.15, 0.2) is 0 Å². The zero-order chi connectivity index (χ0) is 21.1. The van der Waals surface area contributed by atoms with Crippen molar-refractivity contribution in [2.24, 2.45) is 0 Å². The van der Waals surface area contributed by atoms with E-state index in [0.29, 0.717) is 32.8 Å². The molecule has 1 aliphatic rings. The second-order valence-corrected chi connectivity index (χ2v) is 8.17. The minimum absolute atomic E-state index is 0.0430. The van der Waals surface area contributed by atoms with Gasteiger partial charge in [0.25, 0.3) is 5.56 Å². The van der Waals surface area contributed by atoms with Gasteiger partial charge in [0.1, 0.15) is 28.7 Å². The number of thiophene rings is 1. The summed E-state index contributed by atoms with van der Waals surface area (Å²) in [6.45, 7) is 2.31. The number of fused-ring (bicyclic) bond motifs is 2. The molecule has 0 aliphatic carbocycles. The summed E-state index contributed by atoms with van der Waals surface area (Å²) >= 11 is 1.18. The molecule has 2 aromatic heterocycles. The SMILES string of the molecule is Cc1c(C(=O)OCCOC(=O)c2ccccc2)sc2nc3n(c(=O)c12)CCCCC3. The highest BCUT2D eigenvalue weighted by Gasteiger charge is 2.23. The van der Waals surface area contributed by atoms with Crippen molar-refractivity contribution in [2.75, 3.05) is 13.2 Å². The Labute approximate surface area is 177 Å². The van der Waals surface area contributed by atoms with Crippen molar-refractivity contribution in [3.8, 4) is 0 Å². The van der Waals surface area contributed by atoms with E-state index < -0.39 is 11.9 Å². The van der Waals surface area contributed by atoms with E-state index >= 15 is 0 Å². The zero-order valence-electron chi connectivity index (χ0n) is 16.7. The number of nitrogens with zero attached hydrogens (tertiary/aromatic N) is 2. The van der Waals surface area contributed by atoms with Crippen LogP contribution in [0.15, 0.2) is 35.1 Å². The molecule has 0 N–H and O–H groups in total. The quantitative estimate of drug-likeness (QED) is 0.458. The Kier molecular flexibility index (Phi) is 5.94. The van der Waals surface area contributed by atoms with E-state index in [9.17, 15) is 14.4 Å². The molecule has 30 heavy (non-hydrogen) atoms. The number of carbonyl (C=O) groups excluding carboxylic acids is 2. The maximum absolute atomic E-state index is 13.0. The van der Waals surface area contributed by atoms with Crippen molar-refractivity contribution in [3.05, 3.63) is 62.5 Å². The zero-order valence-corrected chi connectivity index (χ0v) is 17.5. The molecule has 1 aliphatic heterocycles. The van der Waals surface area contributed by atoms with Gasteiger partial charge in [-0.15, -0.1) is 11.3 Å². The van der Waals surface area contributed by atoms with Gasteiger partial charge >= 0.3 is 11.9 Å². The predicted molar refractivity (Wildman–Crippen MR) is 113 cm³/mol. The first-order valence-corrected chi connectivity index (χ1v) is 10.8. The average molecular weight is 426 g/mol. The number of benzene rings is 1. The molecular weight excluding hydrogens is 404 g/mol. The van der Waals surface area contributed by atoms with Crippen LogP contribution >= 0.6 is 11.3 Å². The highest BCUT2D eigenvalue weighted by Crippen LogP contribution is 2.29. The standard InChI is InChI=1S/C22H22N2O5S/c1-14-17-19(23-16-10-6-3-7-11-24(16)20(17)25)30-18(14)22(27)29-13-12-28-21(26)15-8-4-2-5-9-15/h2,4-5,8-9H,3,6-7,10-13H2,1H3. The van der Waals surface area contributed by atoms with Crippen molar-refractivity contribution in [2.45, 2.75) is 39.2 Å². The van der Waals surface area contributed by atoms with Gasteiger partial charge in [-0.1, -0.05) is 24.6 Å². The summed E-state index contributed by atoms with van der Waals surface area (Å²) in [7, 11) is 0. The van der Waals surface area contributed by atoms with Crippen LogP contribution < -0.4 is 5.56 Å². The Hall–Kier alpha value is -3.00. The van der Waals surface area contributed by atoms with Gasteiger partial charge in [0.2, 0.25) is 0 Å². The first-order chi connectivity index (χ1) is 14.6. The van der Waals surface area contributed by atoms with Gasteiger partial charge in [-0.2, -0.15) is 0 Å². The molecule has 156 valence electrons. The maximum Gasteiger partial charge on any atom is 0.348 e. The topological polar surface area (TPSA) is 87.5 Å². The summed E-state index contributed by atoms with van der Waals surface area (Å²) in [5.74, 6) is -0.215. The van der Waals surface area contributed by atoms with E-state index in [1.54, 1.807) is 35.8 Å². The number of rotatable bonds is 5. The minimum atomic E-state index is -0.536. The van der Waals surface area contributed by atoms with Crippen molar-refractivity contribution >= 4 is 33.5 Å². The van der Waals surface area contributed by atoms with Crippen molar-refractivity contribution in [3.63, 3.8) is 0 Å². The number of ether oxygens (including phenoxy) is 2. The maximum atomic E-state index is 13.0. The number of esters is 2. The van der Waals surface area contributed by atoms with Gasteiger partial charge < -0.3 is 9.47 Å². The molecular formula is C22H22N2O5S. The molecule has 8 heteroatoms. The molecule has 0 fully saturated rings. The Morgan fingerprint density at radius 1 is 1.07 bits per heavy atom. The smallest absolute Gasteiger partial charge is 0.348 e. The van der Waals surface area contributed by atoms with Gasteiger partial charge in [-0.25, -0.2) is 14.6 Å². The molecule has 7 nitrogen and oxygen atoms in total. The molecule has 0 unspecified atom stereocenters. The fraction of sp³-hybridized carbons (Fsp3) is 0.364.